The average molecular weight is 1760 g/mol. The number of carbonyl (C=O) groups excluding carboxylic acids is 3. The van der Waals surface area contributed by atoms with Gasteiger partial charge in [0.15, 0.2) is 87.2 Å². The fourth-order valence-electron chi connectivity index (χ4n) is 10.6. The Morgan fingerprint density at radius 3 is 0.976 bits per heavy atom. The number of rotatable bonds is 31. The number of carboxylic acids is 1. The number of nitro benzene ring substituents is 1. The summed E-state index contributed by atoms with van der Waals surface area (Å²) in [5.74, 6) is -20.8. The molecule has 0 saturated heterocycles. The first kappa shape index (κ1) is 105. The summed E-state index contributed by atoms with van der Waals surface area (Å²) >= 11 is 0. The van der Waals surface area contributed by atoms with Crippen molar-refractivity contribution < 1.29 is 138 Å². The predicted molar refractivity (Wildman–Crippen MR) is 437 cm³/mol. The van der Waals surface area contributed by atoms with Crippen LogP contribution in [0, 0.1) is 97.7 Å². The van der Waals surface area contributed by atoms with Crippen LogP contribution < -0.4 is 84.2 Å². The van der Waals surface area contributed by atoms with Crippen molar-refractivity contribution in [3.8, 4) is 11.5 Å². The van der Waals surface area contributed by atoms with E-state index in [1.165, 1.54) is 104 Å². The minimum absolute atomic E-state index is 0. The van der Waals surface area contributed by atoms with Crippen molar-refractivity contribution in [2.45, 2.75) is 66.3 Å². The number of nitro groups is 1. The Kier molecular flexibility index (Phi) is 43.8. The number of carboxylic acid groups (broad SMARTS) is 1. The van der Waals surface area contributed by atoms with E-state index in [-0.39, 0.29) is 180 Å². The summed E-state index contributed by atoms with van der Waals surface area (Å²) in [7, 11) is -1.00. The van der Waals surface area contributed by atoms with Crippen molar-refractivity contribution in [1.29, 1.82) is 0 Å². The number of ketones is 3. The van der Waals surface area contributed by atoms with E-state index in [9.17, 15) is 106 Å². The Morgan fingerprint density at radius 1 is 0.460 bits per heavy atom. The Labute approximate surface area is 725 Å². The molecule has 10 aromatic rings. The zero-order chi connectivity index (χ0) is 90.9. The third kappa shape index (κ3) is 30.8. The summed E-state index contributed by atoms with van der Waals surface area (Å²) in [4.78, 5) is 109. The molecule has 0 saturated carbocycles. The number of aliphatic hydroxyl groups excluding tert-OH is 2. The third-order valence-electron chi connectivity index (χ3n) is 17.1. The van der Waals surface area contributed by atoms with E-state index >= 15 is 0 Å². The fraction of sp³-hybridized carbons (Fsp3) is 0.209. The van der Waals surface area contributed by atoms with Gasteiger partial charge in [0.25, 0.3) is 27.9 Å². The van der Waals surface area contributed by atoms with Crippen LogP contribution >= 0.6 is 0 Å². The summed E-state index contributed by atoms with van der Waals surface area (Å²) < 4.78 is 190. The maximum Gasteiger partial charge on any atom is 1.00 e. The zero-order valence-corrected chi connectivity index (χ0v) is 66.6. The topological polar surface area (TPSA) is 383 Å². The summed E-state index contributed by atoms with van der Waals surface area (Å²) in [6.45, 7) is 13.0. The first-order valence-electron chi connectivity index (χ1n) is 35.9. The quantitative estimate of drug-likeness (QED) is 0.00310. The number of carbonyl (C=O) groups is 4. The molecule has 38 heteroatoms. The average Bonchev–Trinajstić information content (AvgIpc) is 0.829. The molecule has 0 bridgehead atoms. The first-order chi connectivity index (χ1) is 57.8. The number of nitrogens with two attached hydrogens (primary N) is 4. The number of alkyl halides is 1. The van der Waals surface area contributed by atoms with E-state index in [1.807, 2.05) is 0 Å². The number of benzene rings is 6. The van der Waals surface area contributed by atoms with Crippen LogP contribution in [0.5, 0.6) is 11.5 Å². The van der Waals surface area contributed by atoms with Gasteiger partial charge >= 0.3 is 35.5 Å². The number of nitrogens with zero attached hydrogens (tertiary/aromatic N) is 5. The van der Waals surface area contributed by atoms with Crippen LogP contribution in [0.15, 0.2) is 228 Å². The van der Waals surface area contributed by atoms with Crippen molar-refractivity contribution in [2.75, 3.05) is 50.8 Å². The number of aliphatic hydroxyl groups is 2. The summed E-state index contributed by atoms with van der Waals surface area (Å²) in [6, 6.07) is 25.5. The van der Waals surface area contributed by atoms with E-state index in [2.05, 4.69) is 26.3 Å². The van der Waals surface area contributed by atoms with Gasteiger partial charge < -0.3 is 67.4 Å². The number of aromatic carboxylic acids is 1. The van der Waals surface area contributed by atoms with E-state index < -0.39 is 151 Å². The Hall–Kier alpha value is -13.1. The van der Waals surface area contributed by atoms with E-state index in [0.29, 0.717) is 17.1 Å². The molecule has 11 N–H and O–H groups in total. The molecule has 10 rings (SSSR count). The largest absolute Gasteiger partial charge is 1.00 e. The van der Waals surface area contributed by atoms with Crippen molar-refractivity contribution >= 4 is 46.1 Å². The van der Waals surface area contributed by atoms with Gasteiger partial charge in [-0.3, -0.25) is 48.1 Å². The van der Waals surface area contributed by atoms with Crippen LogP contribution in [0.4, 0.5) is 79.8 Å². The normalized spacial score (nSPS) is 11.3. The molecular weight excluding hydrogens is 1670 g/mol. The molecule has 0 fully saturated rings. The second-order valence-electron chi connectivity index (χ2n) is 25.7. The molecule has 0 radical (unpaired) electrons. The van der Waals surface area contributed by atoms with Crippen molar-refractivity contribution in [3.05, 3.63) is 375 Å². The van der Waals surface area contributed by atoms with Gasteiger partial charge in [-0.05, 0) is 138 Å². The molecule has 0 amide bonds. The van der Waals surface area contributed by atoms with Gasteiger partial charge in [0, 0.05) is 92.7 Å². The van der Waals surface area contributed by atoms with E-state index in [1.54, 1.807) is 24.3 Å². The molecule has 0 aliphatic rings. The number of halogens is 13. The summed E-state index contributed by atoms with van der Waals surface area (Å²) in [5, 5.41) is 36.9. The Balaban J connectivity index is 0.000000817. The van der Waals surface area contributed by atoms with Gasteiger partial charge in [0.05, 0.1) is 87.5 Å². The number of ether oxygens (including phenoxy) is 2. The number of Topliss-reactive ketones (excluding diaryl/α,β-unsaturated/α-hetero) is 3. The monoisotopic (exact) mass is 1760 g/mol. The first-order valence-corrected chi connectivity index (χ1v) is 35.2. The van der Waals surface area contributed by atoms with Crippen LogP contribution in [0.2, 0.25) is 0 Å². The number of hydrogen-bond acceptors (Lipinski definition) is 18. The van der Waals surface area contributed by atoms with Crippen molar-refractivity contribution in [3.63, 3.8) is 0 Å². The van der Waals surface area contributed by atoms with Crippen LogP contribution in [0.3, 0.4) is 0 Å². The molecule has 0 unspecified atom stereocenters. The number of hydrogen-bond donors (Lipinski definition) is 7. The van der Waals surface area contributed by atoms with E-state index in [0.717, 1.165) is 72.9 Å². The van der Waals surface area contributed by atoms with Gasteiger partial charge in [0.2, 0.25) is 0 Å². The molecule has 0 spiro atoms. The number of anilines is 3. The van der Waals surface area contributed by atoms with Gasteiger partial charge in [-0.1, -0.05) is 39.2 Å². The maximum absolute atomic E-state index is 13.5. The van der Waals surface area contributed by atoms with Gasteiger partial charge in [-0.15, -0.1) is 26.3 Å². The fourth-order valence-corrected chi connectivity index (χ4v) is 10.6. The smallest absolute Gasteiger partial charge is 1.00 e. The molecule has 658 valence electrons. The summed E-state index contributed by atoms with van der Waals surface area (Å²) in [6.07, 6.45) is 11.0. The van der Waals surface area contributed by atoms with Crippen LogP contribution in [0.1, 0.15) is 101 Å². The minimum atomic E-state index is -1.61. The Morgan fingerprint density at radius 2 is 0.734 bits per heavy atom. The van der Waals surface area contributed by atoms with Crippen LogP contribution in [-0.2, 0) is 26.2 Å². The number of nitrogen functional groups attached to an aromatic ring is 3. The molecule has 0 aliphatic heterocycles. The van der Waals surface area contributed by atoms with Crippen molar-refractivity contribution in [1.82, 2.24) is 18.3 Å². The molecule has 4 atom stereocenters. The van der Waals surface area contributed by atoms with Gasteiger partial charge in [0.1, 0.15) is 22.7 Å². The number of pyridine rings is 4. The molecule has 4 heterocycles. The molecule has 4 aromatic heterocycles. The summed E-state index contributed by atoms with van der Waals surface area (Å²) in [5.41, 5.74) is 19.1. The van der Waals surface area contributed by atoms with Gasteiger partial charge in [-0.25, -0.2) is 57.5 Å². The second-order valence-corrected chi connectivity index (χ2v) is 25.7. The standard InChI is InChI=1S/C24H20F3N3O5.C24H22F3N3O3.C18H16F3NO3.C13H8F3NO3.C4H9NO.CH3F.2CH4.Na.H/c1-2-14(13-35-16-5-6-21(30(33)34)20(28)11-16)10-22(31)17-4-3-7-29(24(17)32)12-15-8-18(25)23(27)19(26)9-15;1-2-14(13-33-16-5-6-20(28)21(29)11-16)10-22(31)17-4-3-7-30(24(17)32)12-15-8-18(25)23(27)19(26)9-15;1-2-11(10-23)8-16(24)13-4-3-5-22(18(13)25)9-12-6-14(19)17(21)15(20)7-12;14-9-4-7(5-10(15)11(9)16)6-17-3-1-2-8(12(17)18)13(19)20;1-2-4(5)3-6;1-2;;;;/h2-9,11,14H,1,10,12-13,28H2;2-9,11,14H,1,10,12-13,28-29H2;2-7,11,23H,1,8-10H2;1-5H,6H2,(H,19,20);2,4,6H,1,3,5H2;1H3;2*1H4;;/q;;;;;;;;+1;-1/t2*14-;11-;;4-;;;;;/m000.1...../s1/i;;;;;1D;;;;. The van der Waals surface area contributed by atoms with Crippen LogP contribution in [0.25, 0.3) is 0 Å². The SMILES string of the molecule is C.C.C=C[C@@H](N)CO.C=C[C@H](CO)CC(=O)c1cccn(Cc2cc(F)c(F)c(F)c2)c1=O.C=C[C@H](COc1ccc(N)c(N)c1)CC(=O)c1cccn(Cc2cc(F)c(F)c(F)c2)c1=O.C=C[C@H](COc1ccc([N+](=O)[O-])c(N)c1)CC(=O)c1cccn(Cc2cc(F)c(F)c(F)c2)c1=O.O=C(O)c1cccn(Cc2cc(F)c(F)c(F)c2)c1=O.[2H]CF.[H-].[Na+]. The van der Waals surface area contributed by atoms with E-state index in [4.69, 9.17) is 49.1 Å². The maximum atomic E-state index is 13.5. The second kappa shape index (κ2) is 51.6. The number of aromatic nitrogens is 4. The molecule has 24 nitrogen and oxygen atoms in total. The molecule has 0 aliphatic carbocycles. The zero-order valence-electron chi connectivity index (χ0n) is 66.6. The predicted octanol–water partition coefficient (Wildman–Crippen LogP) is 11.4. The third-order valence-corrected chi connectivity index (χ3v) is 17.1. The molecule has 6 aromatic carbocycles. The van der Waals surface area contributed by atoms with Gasteiger partial charge in [-0.2, -0.15) is 0 Å². The Bertz CT molecular complexity index is 5640. The molecule has 124 heavy (non-hydrogen) atoms. The minimum Gasteiger partial charge on any atom is -1.00 e. The molecular formula is C86H87F13N9NaO15. The van der Waals surface area contributed by atoms with Crippen molar-refractivity contribution in [2.24, 2.45) is 23.5 Å². The van der Waals surface area contributed by atoms with Crippen LogP contribution in [-0.4, -0.2) is 101 Å².